The van der Waals surface area contributed by atoms with Crippen LogP contribution in [0.25, 0.3) is 0 Å². The molecule has 6 heteroatoms. The van der Waals surface area contributed by atoms with Crippen molar-refractivity contribution in [2.45, 2.75) is 33.3 Å². The van der Waals surface area contributed by atoms with E-state index in [9.17, 15) is 4.79 Å². The first-order valence-electron chi connectivity index (χ1n) is 6.71. The summed E-state index contributed by atoms with van der Waals surface area (Å²) in [5, 5.41) is 15.4. The monoisotopic (exact) mass is 286 g/mol. The minimum absolute atomic E-state index is 0.195. The first kappa shape index (κ1) is 14.9. The normalized spacial score (nSPS) is 10.7. The van der Waals surface area contributed by atoms with Crippen LogP contribution in [0, 0.1) is 18.3 Å². The zero-order chi connectivity index (χ0) is 15.6. The minimum Gasteiger partial charge on any atom is -0.485 e. The van der Waals surface area contributed by atoms with Gasteiger partial charge in [-0.3, -0.25) is 4.57 Å². The number of aromatic nitrogens is 3. The molecular weight excluding hydrogens is 268 g/mol. The van der Waals surface area contributed by atoms with Gasteiger partial charge in [0.1, 0.15) is 12.4 Å². The number of nitrogens with one attached hydrogen (secondary N) is 1. The third-order valence-corrected chi connectivity index (χ3v) is 3.43. The second kappa shape index (κ2) is 5.83. The first-order valence-corrected chi connectivity index (χ1v) is 6.71. The fourth-order valence-corrected chi connectivity index (χ4v) is 2.05. The summed E-state index contributed by atoms with van der Waals surface area (Å²) < 4.78 is 7.22. The highest BCUT2D eigenvalue weighted by atomic mass is 16.5. The molecule has 0 unspecified atom stereocenters. The van der Waals surface area contributed by atoms with Crippen LogP contribution in [-0.2, 0) is 13.7 Å². The van der Waals surface area contributed by atoms with Gasteiger partial charge in [0, 0.05) is 7.05 Å². The molecule has 0 aliphatic rings. The summed E-state index contributed by atoms with van der Waals surface area (Å²) in [5.41, 5.74) is 2.22. The van der Waals surface area contributed by atoms with E-state index in [0.29, 0.717) is 11.4 Å². The Kier molecular flexibility index (Phi) is 4.13. The Balaban J connectivity index is 2.31. The van der Waals surface area contributed by atoms with Crippen LogP contribution in [0.15, 0.2) is 16.9 Å². The molecule has 0 radical (unpaired) electrons. The van der Waals surface area contributed by atoms with Gasteiger partial charge in [0.05, 0.1) is 11.6 Å². The second-order valence-electron chi connectivity index (χ2n) is 5.26. The Morgan fingerprint density at radius 2 is 2.19 bits per heavy atom. The van der Waals surface area contributed by atoms with Gasteiger partial charge in [0.25, 0.3) is 0 Å². The van der Waals surface area contributed by atoms with Crippen LogP contribution in [0.2, 0.25) is 0 Å². The maximum absolute atomic E-state index is 11.3. The van der Waals surface area contributed by atoms with E-state index in [0.717, 1.165) is 16.9 Å². The molecule has 1 N–H and O–H groups in total. The number of H-pyrrole nitrogens is 1. The van der Waals surface area contributed by atoms with Crippen molar-refractivity contribution >= 4 is 0 Å². The highest BCUT2D eigenvalue weighted by Crippen LogP contribution is 2.30. The fourth-order valence-electron chi connectivity index (χ4n) is 2.05. The highest BCUT2D eigenvalue weighted by Gasteiger charge is 2.13. The summed E-state index contributed by atoms with van der Waals surface area (Å²) in [6.07, 6.45) is 0. The van der Waals surface area contributed by atoms with Gasteiger partial charge in [-0.1, -0.05) is 13.8 Å². The molecule has 0 aliphatic carbocycles. The van der Waals surface area contributed by atoms with Crippen LogP contribution in [0.4, 0.5) is 0 Å². The van der Waals surface area contributed by atoms with Gasteiger partial charge < -0.3 is 4.74 Å². The summed E-state index contributed by atoms with van der Waals surface area (Å²) in [5.74, 6) is 1.48. The quantitative estimate of drug-likeness (QED) is 0.931. The number of nitrogens with zero attached hydrogens (tertiary/aromatic N) is 3. The number of hydrogen-bond acceptors (Lipinski definition) is 4. The molecule has 0 fully saturated rings. The summed E-state index contributed by atoms with van der Waals surface area (Å²) in [6.45, 7) is 6.16. The van der Waals surface area contributed by atoms with Crippen LogP contribution in [-0.4, -0.2) is 14.8 Å². The molecule has 1 aromatic carbocycles. The lowest BCUT2D eigenvalue weighted by Crippen LogP contribution is -2.15. The molecule has 0 spiro atoms. The van der Waals surface area contributed by atoms with E-state index in [2.05, 4.69) is 16.3 Å². The zero-order valence-electron chi connectivity index (χ0n) is 12.6. The topological polar surface area (TPSA) is 83.7 Å². The Morgan fingerprint density at radius 3 is 2.71 bits per heavy atom. The maximum atomic E-state index is 11.3. The van der Waals surface area contributed by atoms with Crippen molar-refractivity contribution in [1.29, 1.82) is 5.26 Å². The van der Waals surface area contributed by atoms with Crippen molar-refractivity contribution in [2.75, 3.05) is 0 Å². The predicted octanol–water partition coefficient (Wildman–Crippen LogP) is 1.99. The molecular formula is C15H18N4O2. The first-order chi connectivity index (χ1) is 9.93. The lowest BCUT2D eigenvalue weighted by Gasteiger charge is -2.15. The highest BCUT2D eigenvalue weighted by molar-refractivity contribution is 5.48. The number of rotatable bonds is 4. The van der Waals surface area contributed by atoms with E-state index in [1.54, 1.807) is 7.05 Å². The van der Waals surface area contributed by atoms with Crippen molar-refractivity contribution in [1.82, 2.24) is 14.8 Å². The van der Waals surface area contributed by atoms with Gasteiger partial charge in [-0.15, -0.1) is 0 Å². The predicted molar refractivity (Wildman–Crippen MR) is 78.1 cm³/mol. The average molecular weight is 286 g/mol. The number of benzene rings is 1. The summed E-state index contributed by atoms with van der Waals surface area (Å²) in [7, 11) is 1.64. The van der Waals surface area contributed by atoms with Gasteiger partial charge in [-0.25, -0.2) is 9.89 Å². The molecule has 0 aliphatic heterocycles. The summed E-state index contributed by atoms with van der Waals surface area (Å²) in [4.78, 5) is 11.3. The van der Waals surface area contributed by atoms with E-state index in [1.165, 1.54) is 4.57 Å². The van der Waals surface area contributed by atoms with Crippen LogP contribution >= 0.6 is 0 Å². The molecule has 110 valence electrons. The van der Waals surface area contributed by atoms with E-state index in [1.807, 2.05) is 32.9 Å². The molecule has 0 saturated carbocycles. The molecule has 1 heterocycles. The Morgan fingerprint density at radius 1 is 1.48 bits per heavy atom. The summed E-state index contributed by atoms with van der Waals surface area (Å²) in [6, 6.07) is 5.91. The van der Waals surface area contributed by atoms with Crippen LogP contribution in [0.3, 0.4) is 0 Å². The van der Waals surface area contributed by atoms with E-state index >= 15 is 0 Å². The van der Waals surface area contributed by atoms with Crippen LogP contribution < -0.4 is 10.4 Å². The molecule has 0 atom stereocenters. The van der Waals surface area contributed by atoms with Crippen LogP contribution in [0.5, 0.6) is 5.75 Å². The number of aryl methyl sites for hydroxylation is 1. The summed E-state index contributed by atoms with van der Waals surface area (Å²) >= 11 is 0. The fraction of sp³-hybridized carbons (Fsp3) is 0.400. The lowest BCUT2D eigenvalue weighted by atomic mass is 9.97. The second-order valence-corrected chi connectivity index (χ2v) is 5.26. The third-order valence-electron chi connectivity index (χ3n) is 3.43. The van der Waals surface area contributed by atoms with Crippen molar-refractivity contribution in [3.8, 4) is 11.8 Å². The minimum atomic E-state index is -0.270. The Bertz CT molecular complexity index is 750. The van der Waals surface area contributed by atoms with Gasteiger partial charge >= 0.3 is 5.69 Å². The number of ether oxygens (including phenoxy) is 1. The maximum Gasteiger partial charge on any atom is 0.343 e. The molecule has 0 amide bonds. The molecule has 6 nitrogen and oxygen atoms in total. The van der Waals surface area contributed by atoms with Crippen molar-refractivity contribution in [3.05, 3.63) is 45.1 Å². The Hall–Kier alpha value is -2.55. The molecule has 1 aromatic heterocycles. The largest absolute Gasteiger partial charge is 0.485 e. The SMILES string of the molecule is Cc1cc(OCc2n[nH]c(=O)n2C)c(C(C)C)cc1C#N. The van der Waals surface area contributed by atoms with E-state index < -0.39 is 0 Å². The lowest BCUT2D eigenvalue weighted by molar-refractivity contribution is 0.286. The van der Waals surface area contributed by atoms with Crippen molar-refractivity contribution in [2.24, 2.45) is 7.05 Å². The standard InChI is InChI=1S/C15H18N4O2/c1-9(2)12-6-11(7-16)10(3)5-13(12)21-8-14-17-18-15(20)19(14)4/h5-6,9H,8H2,1-4H3,(H,18,20). The van der Waals surface area contributed by atoms with Gasteiger partial charge in [-0.2, -0.15) is 10.4 Å². The van der Waals surface area contributed by atoms with Gasteiger partial charge in [0.2, 0.25) is 0 Å². The zero-order valence-corrected chi connectivity index (χ0v) is 12.6. The smallest absolute Gasteiger partial charge is 0.343 e. The number of hydrogen-bond donors (Lipinski definition) is 1. The molecule has 0 bridgehead atoms. The third kappa shape index (κ3) is 2.97. The molecule has 0 saturated heterocycles. The Labute approximate surface area is 123 Å². The van der Waals surface area contributed by atoms with Gasteiger partial charge in [-0.05, 0) is 36.1 Å². The average Bonchev–Trinajstić information content (AvgIpc) is 2.76. The molecule has 2 aromatic rings. The van der Waals surface area contributed by atoms with Crippen molar-refractivity contribution in [3.63, 3.8) is 0 Å². The molecule has 2 rings (SSSR count). The van der Waals surface area contributed by atoms with Crippen LogP contribution in [0.1, 0.15) is 42.3 Å². The van der Waals surface area contributed by atoms with E-state index in [4.69, 9.17) is 10.00 Å². The number of nitriles is 1. The van der Waals surface area contributed by atoms with Gasteiger partial charge in [0.15, 0.2) is 5.82 Å². The number of aromatic amines is 1. The van der Waals surface area contributed by atoms with Crippen molar-refractivity contribution < 1.29 is 4.74 Å². The van der Waals surface area contributed by atoms with E-state index in [-0.39, 0.29) is 18.2 Å². The molecule has 21 heavy (non-hydrogen) atoms.